The largest absolute Gasteiger partial charge is 0.454 e. The molecule has 4 heterocycles. The van der Waals surface area contributed by atoms with Crippen molar-refractivity contribution in [3.63, 3.8) is 0 Å². The SMILES string of the molecule is O=C1CC(c2nc(-c3ccccn3)no2)CN1Cc1ccc2c(c1)OCO2. The smallest absolute Gasteiger partial charge is 0.232 e. The van der Waals surface area contributed by atoms with Gasteiger partial charge in [0.15, 0.2) is 11.5 Å². The van der Waals surface area contributed by atoms with Gasteiger partial charge in [-0.05, 0) is 29.8 Å². The minimum atomic E-state index is -0.114. The van der Waals surface area contributed by atoms with E-state index in [1.54, 1.807) is 11.1 Å². The van der Waals surface area contributed by atoms with Crippen LogP contribution in [0.25, 0.3) is 11.5 Å². The minimum absolute atomic E-state index is 0.0650. The molecule has 1 unspecified atom stereocenters. The fourth-order valence-corrected chi connectivity index (χ4v) is 3.35. The number of fused-ring (bicyclic) bond motifs is 1. The third-order valence-corrected chi connectivity index (χ3v) is 4.71. The van der Waals surface area contributed by atoms with Gasteiger partial charge in [-0.25, -0.2) is 0 Å². The second kappa shape index (κ2) is 6.39. The summed E-state index contributed by atoms with van der Waals surface area (Å²) in [6.45, 7) is 1.28. The highest BCUT2D eigenvalue weighted by atomic mass is 16.7. The molecule has 5 rings (SSSR count). The zero-order valence-electron chi connectivity index (χ0n) is 14.4. The normalized spacial score (nSPS) is 18.3. The first-order valence-corrected chi connectivity index (χ1v) is 8.67. The van der Waals surface area contributed by atoms with Crippen LogP contribution in [0.1, 0.15) is 23.8 Å². The molecule has 2 aromatic heterocycles. The van der Waals surface area contributed by atoms with Crippen molar-refractivity contribution in [2.45, 2.75) is 18.9 Å². The molecular weight excluding hydrogens is 348 g/mol. The van der Waals surface area contributed by atoms with E-state index < -0.39 is 0 Å². The molecule has 0 aliphatic carbocycles. The maximum absolute atomic E-state index is 12.4. The first-order valence-electron chi connectivity index (χ1n) is 8.67. The zero-order chi connectivity index (χ0) is 18.2. The molecule has 0 saturated carbocycles. The maximum Gasteiger partial charge on any atom is 0.232 e. The molecule has 0 bridgehead atoms. The van der Waals surface area contributed by atoms with Crippen LogP contribution in [0.3, 0.4) is 0 Å². The van der Waals surface area contributed by atoms with Gasteiger partial charge in [0.1, 0.15) is 5.69 Å². The Labute approximate surface area is 154 Å². The molecule has 8 heteroatoms. The standard InChI is InChI=1S/C19H16N4O4/c24-17-8-13(19-21-18(22-27-19)14-3-1-2-6-20-14)10-23(17)9-12-4-5-15-16(7-12)26-11-25-15/h1-7,13H,8-11H2. The van der Waals surface area contributed by atoms with Gasteiger partial charge in [0, 0.05) is 25.7 Å². The first kappa shape index (κ1) is 15.8. The summed E-state index contributed by atoms with van der Waals surface area (Å²) in [5, 5.41) is 4.00. The number of benzene rings is 1. The summed E-state index contributed by atoms with van der Waals surface area (Å²) in [6.07, 6.45) is 2.03. The molecule has 0 spiro atoms. The number of rotatable bonds is 4. The van der Waals surface area contributed by atoms with Crippen molar-refractivity contribution in [1.82, 2.24) is 20.0 Å². The quantitative estimate of drug-likeness (QED) is 0.702. The van der Waals surface area contributed by atoms with E-state index in [0.717, 1.165) is 11.3 Å². The molecule has 136 valence electrons. The Bertz CT molecular complexity index is 988. The molecule has 8 nitrogen and oxygen atoms in total. The predicted octanol–water partition coefficient (Wildman–Crippen LogP) is 2.38. The van der Waals surface area contributed by atoms with Gasteiger partial charge in [-0.1, -0.05) is 17.3 Å². The Balaban J connectivity index is 1.30. The van der Waals surface area contributed by atoms with Gasteiger partial charge in [0.2, 0.25) is 24.4 Å². The number of hydrogen-bond acceptors (Lipinski definition) is 7. The van der Waals surface area contributed by atoms with Gasteiger partial charge >= 0.3 is 0 Å². The Hall–Kier alpha value is -3.42. The summed E-state index contributed by atoms with van der Waals surface area (Å²) in [6, 6.07) is 11.2. The van der Waals surface area contributed by atoms with Gasteiger partial charge in [0.25, 0.3) is 0 Å². The number of hydrogen-bond donors (Lipinski definition) is 0. The van der Waals surface area contributed by atoms with Crippen molar-refractivity contribution in [3.8, 4) is 23.0 Å². The van der Waals surface area contributed by atoms with Crippen molar-refractivity contribution in [3.05, 3.63) is 54.0 Å². The first-order chi connectivity index (χ1) is 13.3. The zero-order valence-corrected chi connectivity index (χ0v) is 14.4. The molecule has 3 aromatic rings. The number of pyridine rings is 1. The van der Waals surface area contributed by atoms with Crippen LogP contribution in [0.15, 0.2) is 47.1 Å². The number of nitrogens with zero attached hydrogens (tertiary/aromatic N) is 4. The third kappa shape index (κ3) is 2.99. The number of likely N-dealkylation sites (tertiary alicyclic amines) is 1. The highest BCUT2D eigenvalue weighted by Gasteiger charge is 2.34. The van der Waals surface area contributed by atoms with Crippen LogP contribution < -0.4 is 9.47 Å². The number of ether oxygens (including phenoxy) is 2. The number of amides is 1. The summed E-state index contributed by atoms with van der Waals surface area (Å²) in [4.78, 5) is 22.9. The molecule has 1 aromatic carbocycles. The molecule has 1 saturated heterocycles. The van der Waals surface area contributed by atoms with E-state index in [4.69, 9.17) is 14.0 Å². The van der Waals surface area contributed by atoms with Crippen LogP contribution in [-0.4, -0.2) is 39.3 Å². The lowest BCUT2D eigenvalue weighted by Gasteiger charge is -2.16. The summed E-state index contributed by atoms with van der Waals surface area (Å²) in [5.41, 5.74) is 1.64. The van der Waals surface area contributed by atoms with E-state index in [0.29, 0.717) is 42.7 Å². The lowest BCUT2D eigenvalue weighted by Crippen LogP contribution is -2.24. The van der Waals surface area contributed by atoms with E-state index >= 15 is 0 Å². The van der Waals surface area contributed by atoms with Crippen molar-refractivity contribution in [1.29, 1.82) is 0 Å². The molecule has 2 aliphatic rings. The van der Waals surface area contributed by atoms with E-state index in [1.807, 2.05) is 36.4 Å². The summed E-state index contributed by atoms with van der Waals surface area (Å²) in [5.74, 6) is 2.31. The van der Waals surface area contributed by atoms with Crippen LogP contribution in [0.4, 0.5) is 0 Å². The van der Waals surface area contributed by atoms with Crippen LogP contribution in [0.5, 0.6) is 11.5 Å². The number of aromatic nitrogens is 3. The topological polar surface area (TPSA) is 90.6 Å². The van der Waals surface area contributed by atoms with E-state index in [-0.39, 0.29) is 18.6 Å². The van der Waals surface area contributed by atoms with Gasteiger partial charge < -0.3 is 18.9 Å². The van der Waals surface area contributed by atoms with E-state index in [2.05, 4.69) is 15.1 Å². The second-order valence-corrected chi connectivity index (χ2v) is 6.53. The summed E-state index contributed by atoms with van der Waals surface area (Å²) >= 11 is 0. The molecule has 0 N–H and O–H groups in total. The fourth-order valence-electron chi connectivity index (χ4n) is 3.35. The van der Waals surface area contributed by atoms with E-state index in [1.165, 1.54) is 0 Å². The lowest BCUT2D eigenvalue weighted by atomic mass is 10.1. The molecule has 0 radical (unpaired) electrons. The van der Waals surface area contributed by atoms with Crippen molar-refractivity contribution in [2.75, 3.05) is 13.3 Å². The van der Waals surface area contributed by atoms with Crippen LogP contribution >= 0.6 is 0 Å². The second-order valence-electron chi connectivity index (χ2n) is 6.53. The molecule has 27 heavy (non-hydrogen) atoms. The van der Waals surface area contributed by atoms with Crippen LogP contribution in [0.2, 0.25) is 0 Å². The molecule has 1 atom stereocenters. The fraction of sp³-hybridized carbons (Fsp3) is 0.263. The Kier molecular flexibility index (Phi) is 3.74. The van der Waals surface area contributed by atoms with E-state index in [9.17, 15) is 4.79 Å². The van der Waals surface area contributed by atoms with Crippen LogP contribution in [0, 0.1) is 0 Å². The summed E-state index contributed by atoms with van der Waals surface area (Å²) < 4.78 is 16.1. The van der Waals surface area contributed by atoms with Gasteiger partial charge in [-0.3, -0.25) is 9.78 Å². The average Bonchev–Trinajstić information content (AvgIpc) is 3.42. The predicted molar refractivity (Wildman–Crippen MR) is 92.9 cm³/mol. The Morgan fingerprint density at radius 3 is 2.96 bits per heavy atom. The highest BCUT2D eigenvalue weighted by Crippen LogP contribution is 2.34. The van der Waals surface area contributed by atoms with Crippen molar-refractivity contribution < 1.29 is 18.8 Å². The van der Waals surface area contributed by atoms with Crippen LogP contribution in [-0.2, 0) is 11.3 Å². The van der Waals surface area contributed by atoms with Crippen molar-refractivity contribution in [2.24, 2.45) is 0 Å². The number of carbonyl (C=O) groups is 1. The number of carbonyl (C=O) groups excluding carboxylic acids is 1. The van der Waals surface area contributed by atoms with Gasteiger partial charge in [-0.15, -0.1) is 0 Å². The molecular formula is C19H16N4O4. The molecule has 1 amide bonds. The van der Waals surface area contributed by atoms with Crippen molar-refractivity contribution >= 4 is 5.91 Å². The maximum atomic E-state index is 12.4. The Morgan fingerprint density at radius 2 is 2.07 bits per heavy atom. The Morgan fingerprint density at radius 1 is 1.15 bits per heavy atom. The molecule has 2 aliphatic heterocycles. The minimum Gasteiger partial charge on any atom is -0.454 e. The molecule has 1 fully saturated rings. The van der Waals surface area contributed by atoms with Gasteiger partial charge in [0.05, 0.1) is 5.92 Å². The summed E-state index contributed by atoms with van der Waals surface area (Å²) in [7, 11) is 0. The average molecular weight is 364 g/mol. The van der Waals surface area contributed by atoms with Gasteiger partial charge in [-0.2, -0.15) is 4.98 Å². The highest BCUT2D eigenvalue weighted by molar-refractivity contribution is 5.79. The lowest BCUT2D eigenvalue weighted by molar-refractivity contribution is -0.128. The monoisotopic (exact) mass is 364 g/mol. The third-order valence-electron chi connectivity index (χ3n) is 4.71.